The zero-order valence-corrected chi connectivity index (χ0v) is 10.4. The van der Waals surface area contributed by atoms with Crippen LogP contribution < -0.4 is 0 Å². The summed E-state index contributed by atoms with van der Waals surface area (Å²) in [5, 5.41) is -0.424. The lowest BCUT2D eigenvalue weighted by Gasteiger charge is -2.09. The highest BCUT2D eigenvalue weighted by molar-refractivity contribution is 9.10. The molecule has 0 unspecified atom stereocenters. The van der Waals surface area contributed by atoms with E-state index in [0.29, 0.717) is 5.52 Å². The topological polar surface area (TPSA) is 28.9 Å². The lowest BCUT2D eigenvalue weighted by Crippen LogP contribution is -2.06. The number of hydrogen-bond acceptors (Lipinski definition) is 2. The predicted molar refractivity (Wildman–Crippen MR) is 59.1 cm³/mol. The summed E-state index contributed by atoms with van der Waals surface area (Å²) in [6, 6.07) is 0.814. The molecule has 8 heteroatoms. The largest absolute Gasteiger partial charge is 0.429 e. The van der Waals surface area contributed by atoms with Crippen LogP contribution in [-0.4, -0.2) is 4.98 Å². The Bertz CT molecular complexity index is 618. The summed E-state index contributed by atoms with van der Waals surface area (Å²) in [7, 11) is 0. The molecule has 1 aromatic carbocycles. The van der Waals surface area contributed by atoms with Crippen LogP contribution in [0.3, 0.4) is 0 Å². The molecule has 2 rings (SSSR count). The molecule has 16 heavy (non-hydrogen) atoms. The molecule has 0 spiro atoms. The van der Waals surface area contributed by atoms with Gasteiger partial charge in [-0.15, -0.1) is 0 Å². The van der Waals surface area contributed by atoms with Crippen molar-refractivity contribution in [3.05, 3.63) is 26.0 Å². The van der Waals surface area contributed by atoms with Gasteiger partial charge in [-0.25, -0.2) is 0 Å². The van der Waals surface area contributed by atoms with E-state index >= 15 is 0 Å². The Morgan fingerprint density at radius 3 is 2.62 bits per heavy atom. The summed E-state index contributed by atoms with van der Waals surface area (Å²) >= 11 is 13.3. The standard InChI is InChI=1S/C8H2BrClF3NOS/c9-4-5(10)2(8(11,12)13)1-3-6(4)14-7(16)15-3/h1H,(H,14,16). The van der Waals surface area contributed by atoms with Gasteiger partial charge in [0.1, 0.15) is 5.52 Å². The fraction of sp³-hybridized carbons (Fsp3) is 0.125. The minimum Gasteiger partial charge on any atom is -0.429 e. The molecule has 1 heterocycles. The average molecular weight is 333 g/mol. The summed E-state index contributed by atoms with van der Waals surface area (Å²) in [5.41, 5.74) is -0.650. The molecule has 0 amide bonds. The Balaban J connectivity index is 2.88. The number of hydrogen-bond donors (Lipinski definition) is 1. The van der Waals surface area contributed by atoms with Gasteiger partial charge in [0.15, 0.2) is 5.58 Å². The third-order valence-electron chi connectivity index (χ3n) is 1.91. The van der Waals surface area contributed by atoms with E-state index in [2.05, 4.69) is 33.1 Å². The molecule has 0 radical (unpaired) electrons. The molecule has 86 valence electrons. The van der Waals surface area contributed by atoms with E-state index in [1.807, 2.05) is 0 Å². The molecule has 0 aliphatic carbocycles. The molecule has 1 N–H and O–H groups in total. The zero-order chi connectivity index (χ0) is 12.1. The van der Waals surface area contributed by atoms with Gasteiger partial charge in [-0.2, -0.15) is 13.2 Å². The Morgan fingerprint density at radius 1 is 1.44 bits per heavy atom. The van der Waals surface area contributed by atoms with E-state index in [0.717, 1.165) is 6.07 Å². The quantitative estimate of drug-likeness (QED) is 0.693. The predicted octanol–water partition coefficient (Wildman–Crippen LogP) is 4.93. The first-order chi connectivity index (χ1) is 7.30. The Kier molecular flexibility index (Phi) is 2.80. The number of alkyl halides is 3. The molecule has 2 nitrogen and oxygen atoms in total. The Labute approximate surface area is 106 Å². The van der Waals surface area contributed by atoms with Crippen LogP contribution in [0, 0.1) is 4.84 Å². The van der Waals surface area contributed by atoms with Crippen LogP contribution in [-0.2, 0) is 6.18 Å². The molecule has 0 fully saturated rings. The second-order valence-electron chi connectivity index (χ2n) is 2.94. The number of fused-ring (bicyclic) bond motifs is 1. The first-order valence-electron chi connectivity index (χ1n) is 3.88. The SMILES string of the molecule is FC(F)(F)c1cc2oc(=S)[nH]c2c(Br)c1Cl. The van der Waals surface area contributed by atoms with Crippen LogP contribution in [0.1, 0.15) is 5.56 Å². The van der Waals surface area contributed by atoms with Gasteiger partial charge in [-0.05, 0) is 34.2 Å². The highest BCUT2D eigenvalue weighted by atomic mass is 79.9. The lowest BCUT2D eigenvalue weighted by molar-refractivity contribution is -0.137. The van der Waals surface area contributed by atoms with Crippen LogP contribution in [0.25, 0.3) is 11.1 Å². The summed E-state index contributed by atoms with van der Waals surface area (Å²) in [6.07, 6.45) is -4.54. The van der Waals surface area contributed by atoms with E-state index in [1.54, 1.807) is 0 Å². The zero-order valence-electron chi connectivity index (χ0n) is 7.28. The van der Waals surface area contributed by atoms with Crippen molar-refractivity contribution in [2.24, 2.45) is 0 Å². The van der Waals surface area contributed by atoms with Crippen molar-refractivity contribution in [3.63, 3.8) is 0 Å². The smallest absolute Gasteiger partial charge is 0.418 e. The normalized spacial score (nSPS) is 12.3. The second-order valence-corrected chi connectivity index (χ2v) is 4.48. The monoisotopic (exact) mass is 331 g/mol. The number of aromatic amines is 1. The van der Waals surface area contributed by atoms with Crippen LogP contribution in [0.2, 0.25) is 5.02 Å². The number of H-pyrrole nitrogens is 1. The van der Waals surface area contributed by atoms with Crippen molar-refractivity contribution in [2.45, 2.75) is 6.18 Å². The summed E-state index contributed by atoms with van der Waals surface area (Å²) in [4.78, 5) is 2.59. The molecular weight excluding hydrogens is 331 g/mol. The maximum atomic E-state index is 12.6. The van der Waals surface area contributed by atoms with Gasteiger partial charge in [-0.3, -0.25) is 0 Å². The third-order valence-corrected chi connectivity index (χ3v) is 3.50. The van der Waals surface area contributed by atoms with Crippen molar-refractivity contribution < 1.29 is 17.6 Å². The van der Waals surface area contributed by atoms with Crippen molar-refractivity contribution in [1.82, 2.24) is 4.98 Å². The van der Waals surface area contributed by atoms with Crippen LogP contribution >= 0.6 is 39.7 Å². The molecule has 0 aliphatic rings. The second kappa shape index (κ2) is 3.75. The van der Waals surface area contributed by atoms with Crippen molar-refractivity contribution in [3.8, 4) is 0 Å². The molecule has 0 bridgehead atoms. The summed E-state index contributed by atoms with van der Waals surface area (Å²) in [5.74, 6) is 0. The Morgan fingerprint density at radius 2 is 2.06 bits per heavy atom. The van der Waals surface area contributed by atoms with Crippen LogP contribution in [0.4, 0.5) is 13.2 Å². The fourth-order valence-corrected chi connectivity index (χ4v) is 2.19. The molecule has 0 saturated carbocycles. The first kappa shape index (κ1) is 11.9. The number of aromatic nitrogens is 1. The molecular formula is C8H2BrClF3NOS. The van der Waals surface area contributed by atoms with Gasteiger partial charge >= 0.3 is 6.18 Å². The van der Waals surface area contributed by atoms with Crippen molar-refractivity contribution >= 4 is 50.8 Å². The van der Waals surface area contributed by atoms with Gasteiger partial charge in [0, 0.05) is 0 Å². The van der Waals surface area contributed by atoms with Gasteiger partial charge in [-0.1, -0.05) is 11.6 Å². The maximum absolute atomic E-state index is 12.6. The van der Waals surface area contributed by atoms with Crippen LogP contribution in [0.5, 0.6) is 0 Å². The molecule has 1 aromatic heterocycles. The van der Waals surface area contributed by atoms with Crippen molar-refractivity contribution in [1.29, 1.82) is 0 Å². The maximum Gasteiger partial charge on any atom is 0.418 e. The highest BCUT2D eigenvalue weighted by Gasteiger charge is 2.35. The lowest BCUT2D eigenvalue weighted by atomic mass is 10.2. The molecule has 0 aliphatic heterocycles. The molecule has 0 saturated heterocycles. The van der Waals surface area contributed by atoms with Crippen molar-refractivity contribution in [2.75, 3.05) is 0 Å². The van der Waals surface area contributed by atoms with E-state index in [9.17, 15) is 13.2 Å². The molecule has 0 atom stereocenters. The molecule has 2 aromatic rings. The fourth-order valence-electron chi connectivity index (χ4n) is 1.23. The van der Waals surface area contributed by atoms with E-state index < -0.39 is 16.8 Å². The van der Waals surface area contributed by atoms with Gasteiger partial charge in [0.2, 0.25) is 0 Å². The Hall–Kier alpha value is -0.530. The average Bonchev–Trinajstić information content (AvgIpc) is 2.51. The number of benzene rings is 1. The summed E-state index contributed by atoms with van der Waals surface area (Å²) in [6.45, 7) is 0. The highest BCUT2D eigenvalue weighted by Crippen LogP contribution is 2.41. The van der Waals surface area contributed by atoms with E-state index in [1.165, 1.54) is 0 Å². The van der Waals surface area contributed by atoms with Gasteiger partial charge in [0.25, 0.3) is 4.84 Å². The van der Waals surface area contributed by atoms with Crippen LogP contribution in [0.15, 0.2) is 15.0 Å². The van der Waals surface area contributed by atoms with Gasteiger partial charge < -0.3 is 9.40 Å². The minimum atomic E-state index is -4.54. The minimum absolute atomic E-state index is 0.00796. The number of nitrogens with one attached hydrogen (secondary N) is 1. The van der Waals surface area contributed by atoms with E-state index in [-0.39, 0.29) is 14.9 Å². The first-order valence-corrected chi connectivity index (χ1v) is 5.46. The third kappa shape index (κ3) is 1.87. The van der Waals surface area contributed by atoms with E-state index in [4.69, 9.17) is 16.0 Å². The number of halogens is 5. The van der Waals surface area contributed by atoms with Gasteiger partial charge in [0.05, 0.1) is 15.1 Å². The summed E-state index contributed by atoms with van der Waals surface area (Å²) < 4.78 is 42.7. The number of oxazole rings is 1. The number of rotatable bonds is 0.